The second-order valence-electron chi connectivity index (χ2n) is 5.37. The number of nitrogens with one attached hydrogen (secondary N) is 1. The lowest BCUT2D eigenvalue weighted by Crippen LogP contribution is -2.59. The van der Waals surface area contributed by atoms with Gasteiger partial charge in [-0.2, -0.15) is 0 Å². The minimum atomic E-state index is -0.283. The summed E-state index contributed by atoms with van der Waals surface area (Å²) in [4.78, 5) is 14.3. The normalized spacial score (nSPS) is 23.8. The number of carbonyl (C=O) groups excluding carboxylic acids is 1. The van der Waals surface area contributed by atoms with Crippen molar-refractivity contribution in [2.75, 3.05) is 18.1 Å². The van der Waals surface area contributed by atoms with Crippen LogP contribution < -0.4 is 10.2 Å². The van der Waals surface area contributed by atoms with Crippen molar-refractivity contribution >= 4 is 11.6 Å². The van der Waals surface area contributed by atoms with Crippen molar-refractivity contribution in [1.82, 2.24) is 5.32 Å². The molecular formula is C15H22N2O2. The van der Waals surface area contributed by atoms with Crippen LogP contribution in [0.5, 0.6) is 0 Å². The number of rotatable bonds is 3. The van der Waals surface area contributed by atoms with Crippen LogP contribution in [0.1, 0.15) is 24.5 Å². The largest absolute Gasteiger partial charge is 0.396 e. The van der Waals surface area contributed by atoms with Crippen molar-refractivity contribution in [3.63, 3.8) is 0 Å². The van der Waals surface area contributed by atoms with E-state index in [-0.39, 0.29) is 24.6 Å². The van der Waals surface area contributed by atoms with Gasteiger partial charge in [0, 0.05) is 24.9 Å². The van der Waals surface area contributed by atoms with E-state index in [1.807, 2.05) is 30.9 Å². The minimum absolute atomic E-state index is 0.0246. The van der Waals surface area contributed by atoms with Crippen LogP contribution in [-0.4, -0.2) is 36.2 Å². The number of piperazine rings is 1. The summed E-state index contributed by atoms with van der Waals surface area (Å²) in [5.41, 5.74) is 3.29. The van der Waals surface area contributed by atoms with Gasteiger partial charge in [0.1, 0.15) is 0 Å². The van der Waals surface area contributed by atoms with E-state index in [0.29, 0.717) is 13.0 Å². The van der Waals surface area contributed by atoms with E-state index in [4.69, 9.17) is 5.11 Å². The van der Waals surface area contributed by atoms with Gasteiger partial charge >= 0.3 is 0 Å². The number of hydrogen-bond acceptors (Lipinski definition) is 3. The fourth-order valence-electron chi connectivity index (χ4n) is 2.68. The Labute approximate surface area is 114 Å². The van der Waals surface area contributed by atoms with Crippen molar-refractivity contribution in [2.24, 2.45) is 0 Å². The van der Waals surface area contributed by atoms with E-state index in [0.717, 1.165) is 11.3 Å². The Morgan fingerprint density at radius 3 is 2.79 bits per heavy atom. The van der Waals surface area contributed by atoms with Gasteiger partial charge < -0.3 is 15.3 Å². The van der Waals surface area contributed by atoms with Crippen LogP contribution in [0.15, 0.2) is 18.2 Å². The molecule has 1 aliphatic heterocycles. The second-order valence-corrected chi connectivity index (χ2v) is 5.37. The lowest BCUT2D eigenvalue weighted by molar-refractivity contribution is -0.122. The summed E-state index contributed by atoms with van der Waals surface area (Å²) in [6.45, 7) is 6.84. The van der Waals surface area contributed by atoms with Crippen LogP contribution in [0.25, 0.3) is 0 Å². The molecule has 0 aliphatic carbocycles. The number of nitrogens with zero attached hydrogens (tertiary/aromatic N) is 1. The van der Waals surface area contributed by atoms with Gasteiger partial charge in [-0.25, -0.2) is 0 Å². The molecule has 1 heterocycles. The standard InChI is InChI=1S/C15H22N2O2/c1-10-4-5-14(11(2)8-10)17-9-12(3)16-13(6-7-18)15(17)19/h4-5,8,12-13,16,18H,6-7,9H2,1-3H3. The van der Waals surface area contributed by atoms with Crippen LogP contribution in [0.4, 0.5) is 5.69 Å². The summed E-state index contributed by atoms with van der Waals surface area (Å²) in [6, 6.07) is 6.08. The Hall–Kier alpha value is -1.39. The van der Waals surface area contributed by atoms with Gasteiger partial charge in [-0.05, 0) is 38.8 Å². The molecule has 0 aromatic heterocycles. The first-order valence-corrected chi connectivity index (χ1v) is 6.78. The van der Waals surface area contributed by atoms with E-state index < -0.39 is 0 Å². The van der Waals surface area contributed by atoms with Crippen LogP contribution in [0.3, 0.4) is 0 Å². The van der Waals surface area contributed by atoms with Gasteiger partial charge in [-0.15, -0.1) is 0 Å². The molecule has 2 atom stereocenters. The highest BCUT2D eigenvalue weighted by atomic mass is 16.3. The quantitative estimate of drug-likeness (QED) is 0.865. The third kappa shape index (κ3) is 2.96. The summed E-state index contributed by atoms with van der Waals surface area (Å²) in [5.74, 6) is 0.0547. The molecule has 2 rings (SSSR count). The van der Waals surface area contributed by atoms with E-state index in [9.17, 15) is 4.79 Å². The molecule has 1 aromatic rings. The van der Waals surface area contributed by atoms with Crippen LogP contribution >= 0.6 is 0 Å². The molecule has 1 aromatic carbocycles. The van der Waals surface area contributed by atoms with Crippen LogP contribution in [0, 0.1) is 13.8 Å². The highest BCUT2D eigenvalue weighted by molar-refractivity contribution is 5.98. The molecule has 2 N–H and O–H groups in total. The fraction of sp³-hybridized carbons (Fsp3) is 0.533. The van der Waals surface area contributed by atoms with Crippen molar-refractivity contribution < 1.29 is 9.90 Å². The van der Waals surface area contributed by atoms with Gasteiger partial charge in [0.05, 0.1) is 6.04 Å². The number of aliphatic hydroxyl groups is 1. The molecule has 1 fully saturated rings. The summed E-state index contributed by atoms with van der Waals surface area (Å²) < 4.78 is 0. The molecule has 2 unspecified atom stereocenters. The highest BCUT2D eigenvalue weighted by Gasteiger charge is 2.32. The van der Waals surface area contributed by atoms with E-state index in [1.165, 1.54) is 5.56 Å². The zero-order valence-corrected chi connectivity index (χ0v) is 11.8. The average molecular weight is 262 g/mol. The molecule has 1 aliphatic rings. The predicted molar refractivity (Wildman–Crippen MR) is 76.4 cm³/mol. The first-order valence-electron chi connectivity index (χ1n) is 6.78. The third-order valence-corrected chi connectivity index (χ3v) is 3.57. The molecule has 1 amide bonds. The number of aliphatic hydroxyl groups excluding tert-OH is 1. The Balaban J connectivity index is 2.29. The van der Waals surface area contributed by atoms with E-state index in [2.05, 4.69) is 18.3 Å². The Morgan fingerprint density at radius 2 is 2.16 bits per heavy atom. The number of carbonyl (C=O) groups is 1. The molecular weight excluding hydrogens is 240 g/mol. The maximum absolute atomic E-state index is 12.5. The lowest BCUT2D eigenvalue weighted by atomic mass is 10.0. The molecule has 104 valence electrons. The maximum atomic E-state index is 12.5. The van der Waals surface area contributed by atoms with Gasteiger partial charge in [0.2, 0.25) is 5.91 Å². The second kappa shape index (κ2) is 5.72. The maximum Gasteiger partial charge on any atom is 0.244 e. The molecule has 0 saturated carbocycles. The van der Waals surface area contributed by atoms with E-state index in [1.54, 1.807) is 0 Å². The van der Waals surface area contributed by atoms with Gasteiger partial charge in [-0.1, -0.05) is 17.7 Å². The first-order chi connectivity index (χ1) is 9.02. The lowest BCUT2D eigenvalue weighted by Gasteiger charge is -2.37. The van der Waals surface area contributed by atoms with Crippen LogP contribution in [-0.2, 0) is 4.79 Å². The molecule has 4 heteroatoms. The van der Waals surface area contributed by atoms with E-state index >= 15 is 0 Å². The SMILES string of the molecule is Cc1ccc(N2CC(C)NC(CCO)C2=O)c(C)c1. The third-order valence-electron chi connectivity index (χ3n) is 3.57. The minimum Gasteiger partial charge on any atom is -0.396 e. The summed E-state index contributed by atoms with van der Waals surface area (Å²) >= 11 is 0. The Morgan fingerprint density at radius 1 is 1.42 bits per heavy atom. The average Bonchev–Trinajstić information content (AvgIpc) is 2.34. The van der Waals surface area contributed by atoms with Gasteiger partial charge in [0.25, 0.3) is 0 Å². The molecule has 4 nitrogen and oxygen atoms in total. The molecule has 1 saturated heterocycles. The number of aryl methyl sites for hydroxylation is 2. The Bertz CT molecular complexity index is 473. The Kier molecular flexibility index (Phi) is 4.22. The number of benzene rings is 1. The smallest absolute Gasteiger partial charge is 0.244 e. The predicted octanol–water partition coefficient (Wildman–Crippen LogP) is 1.38. The number of anilines is 1. The molecule has 0 spiro atoms. The monoisotopic (exact) mass is 262 g/mol. The highest BCUT2D eigenvalue weighted by Crippen LogP contribution is 2.24. The number of hydrogen-bond donors (Lipinski definition) is 2. The number of amides is 1. The van der Waals surface area contributed by atoms with Crippen molar-refractivity contribution in [1.29, 1.82) is 0 Å². The zero-order valence-electron chi connectivity index (χ0n) is 11.8. The molecule has 0 radical (unpaired) electrons. The topological polar surface area (TPSA) is 52.6 Å². The van der Waals surface area contributed by atoms with Crippen molar-refractivity contribution in [2.45, 2.75) is 39.3 Å². The van der Waals surface area contributed by atoms with Gasteiger partial charge in [0.15, 0.2) is 0 Å². The van der Waals surface area contributed by atoms with Crippen molar-refractivity contribution in [3.05, 3.63) is 29.3 Å². The fourth-order valence-corrected chi connectivity index (χ4v) is 2.68. The summed E-state index contributed by atoms with van der Waals surface area (Å²) in [5, 5.41) is 12.3. The van der Waals surface area contributed by atoms with Gasteiger partial charge in [-0.3, -0.25) is 4.79 Å². The molecule has 0 bridgehead atoms. The summed E-state index contributed by atoms with van der Waals surface area (Å²) in [7, 11) is 0. The van der Waals surface area contributed by atoms with Crippen LogP contribution in [0.2, 0.25) is 0 Å². The van der Waals surface area contributed by atoms with Crippen molar-refractivity contribution in [3.8, 4) is 0 Å². The summed E-state index contributed by atoms with van der Waals surface area (Å²) in [6.07, 6.45) is 0.463. The zero-order chi connectivity index (χ0) is 14.0. The first kappa shape index (κ1) is 14.0. The molecule has 19 heavy (non-hydrogen) atoms.